The number of halogens is 1. The number of nitrogens with one attached hydrogen (secondary N) is 1. The van der Waals surface area contributed by atoms with Crippen LogP contribution in [-0.2, 0) is 0 Å². The zero-order valence-corrected chi connectivity index (χ0v) is 19.9. The molecule has 0 saturated carbocycles. The number of ether oxygens (including phenoxy) is 1. The first kappa shape index (κ1) is 23.7. The molecule has 0 unspecified atom stereocenters. The Balaban J connectivity index is 1.26. The lowest BCUT2D eigenvalue weighted by molar-refractivity contribution is 0.0735. The van der Waals surface area contributed by atoms with Crippen LogP contribution in [-0.4, -0.2) is 73.8 Å². The Morgan fingerprint density at radius 1 is 0.970 bits per heavy atom. The number of alkyl halides is 1. The molecule has 0 atom stereocenters. The Morgan fingerprint density at radius 3 is 2.12 bits per heavy atom. The minimum atomic E-state index is -1.13. The van der Waals surface area contributed by atoms with Crippen LogP contribution in [0.3, 0.4) is 0 Å². The molecule has 0 spiro atoms. The summed E-state index contributed by atoms with van der Waals surface area (Å²) in [4.78, 5) is 16.8. The lowest BCUT2D eigenvalue weighted by Crippen LogP contribution is -2.46. The van der Waals surface area contributed by atoms with E-state index >= 15 is 0 Å². The molecule has 2 fully saturated rings. The molecule has 4 rings (SSSR count). The molecular weight excluding hydrogens is 417 g/mol. The van der Waals surface area contributed by atoms with Crippen LogP contribution in [0.1, 0.15) is 37.0 Å². The lowest BCUT2D eigenvalue weighted by Gasteiger charge is -2.34. The zero-order valence-electron chi connectivity index (χ0n) is 19.9. The Bertz CT molecular complexity index is 894. The molecule has 6 heteroatoms. The van der Waals surface area contributed by atoms with Gasteiger partial charge in [-0.2, -0.15) is 0 Å². The lowest BCUT2D eigenvalue weighted by atomic mass is 9.97. The van der Waals surface area contributed by atoms with E-state index in [-0.39, 0.29) is 5.91 Å². The van der Waals surface area contributed by atoms with Gasteiger partial charge >= 0.3 is 0 Å². The predicted octanol–water partition coefficient (Wildman–Crippen LogP) is 4.24. The summed E-state index contributed by atoms with van der Waals surface area (Å²) in [5, 5.41) is 3.27. The first-order chi connectivity index (χ1) is 15.9. The predicted molar refractivity (Wildman–Crippen MR) is 130 cm³/mol. The molecule has 0 bridgehead atoms. The molecule has 2 aliphatic heterocycles. The number of carbonyl (C=O) groups excluding carboxylic acids is 1. The maximum atomic E-state index is 13.8. The standard InChI is InChI=1S/C27H36FN3O2/c1-27(2,28)20-30-15-11-21(12-16-30)19-33-25-9-7-23(8-10-25)22-3-5-24(6-4-22)26(32)31-17-13-29-14-18-31/h3-10,21,29H,11-20H2,1-2H3. The number of piperazine rings is 1. The van der Waals surface area contributed by atoms with Crippen LogP contribution in [0.4, 0.5) is 4.39 Å². The van der Waals surface area contributed by atoms with Crippen molar-refractivity contribution >= 4 is 5.91 Å². The van der Waals surface area contributed by atoms with E-state index in [2.05, 4.69) is 22.3 Å². The van der Waals surface area contributed by atoms with Gasteiger partial charge in [-0.15, -0.1) is 0 Å². The summed E-state index contributed by atoms with van der Waals surface area (Å²) < 4.78 is 19.9. The monoisotopic (exact) mass is 453 g/mol. The van der Waals surface area contributed by atoms with Crippen LogP contribution in [0.5, 0.6) is 5.75 Å². The number of hydrogen-bond acceptors (Lipinski definition) is 4. The van der Waals surface area contributed by atoms with Crippen molar-refractivity contribution in [2.24, 2.45) is 5.92 Å². The highest BCUT2D eigenvalue weighted by Gasteiger charge is 2.25. The van der Waals surface area contributed by atoms with E-state index < -0.39 is 5.67 Å². The van der Waals surface area contributed by atoms with Crippen LogP contribution < -0.4 is 10.1 Å². The smallest absolute Gasteiger partial charge is 0.253 e. The van der Waals surface area contributed by atoms with Crippen molar-refractivity contribution in [1.29, 1.82) is 0 Å². The second-order valence-electron chi connectivity index (χ2n) is 9.89. The van der Waals surface area contributed by atoms with Crippen LogP contribution in [0, 0.1) is 5.92 Å². The van der Waals surface area contributed by atoms with E-state index in [1.807, 2.05) is 41.3 Å². The van der Waals surface area contributed by atoms with Crippen molar-refractivity contribution in [1.82, 2.24) is 15.1 Å². The number of nitrogens with zero attached hydrogens (tertiary/aromatic N) is 2. The Kier molecular flexibility index (Phi) is 7.66. The third kappa shape index (κ3) is 6.78. The SMILES string of the molecule is CC(C)(F)CN1CCC(COc2ccc(-c3ccc(C(=O)N4CCNCC4)cc3)cc2)CC1. The van der Waals surface area contributed by atoms with Gasteiger partial charge in [-0.05, 0) is 81.1 Å². The molecule has 1 N–H and O–H groups in total. The zero-order chi connectivity index (χ0) is 23.3. The van der Waals surface area contributed by atoms with Crippen LogP contribution in [0.15, 0.2) is 48.5 Å². The second kappa shape index (κ2) is 10.7. The van der Waals surface area contributed by atoms with Crippen LogP contribution in [0.2, 0.25) is 0 Å². The Morgan fingerprint density at radius 2 is 1.55 bits per heavy atom. The number of amides is 1. The van der Waals surface area contributed by atoms with E-state index in [1.165, 1.54) is 0 Å². The molecule has 0 radical (unpaired) electrons. The maximum absolute atomic E-state index is 13.8. The van der Waals surface area contributed by atoms with Gasteiger partial charge in [0, 0.05) is 38.3 Å². The number of benzene rings is 2. The average molecular weight is 454 g/mol. The summed E-state index contributed by atoms with van der Waals surface area (Å²) >= 11 is 0. The molecular formula is C27H36FN3O2. The summed E-state index contributed by atoms with van der Waals surface area (Å²) in [6, 6.07) is 16.0. The molecule has 0 aliphatic carbocycles. The van der Waals surface area contributed by atoms with E-state index in [0.717, 1.165) is 74.6 Å². The molecule has 33 heavy (non-hydrogen) atoms. The highest BCUT2D eigenvalue weighted by molar-refractivity contribution is 5.94. The van der Waals surface area contributed by atoms with Gasteiger partial charge in [0.15, 0.2) is 0 Å². The largest absolute Gasteiger partial charge is 0.493 e. The highest BCUT2D eigenvalue weighted by atomic mass is 19.1. The van der Waals surface area contributed by atoms with Crippen molar-refractivity contribution in [3.05, 3.63) is 54.1 Å². The van der Waals surface area contributed by atoms with Gasteiger partial charge in [-0.25, -0.2) is 4.39 Å². The minimum Gasteiger partial charge on any atom is -0.493 e. The summed E-state index contributed by atoms with van der Waals surface area (Å²) in [5.74, 6) is 1.49. The number of hydrogen-bond donors (Lipinski definition) is 1. The number of carbonyl (C=O) groups is 1. The van der Waals surface area contributed by atoms with Crippen molar-refractivity contribution in [3.8, 4) is 16.9 Å². The molecule has 5 nitrogen and oxygen atoms in total. The molecule has 2 aromatic rings. The van der Waals surface area contributed by atoms with Crippen LogP contribution in [0.25, 0.3) is 11.1 Å². The first-order valence-electron chi connectivity index (χ1n) is 12.1. The number of likely N-dealkylation sites (tertiary alicyclic amines) is 1. The fraction of sp³-hybridized carbons (Fsp3) is 0.519. The van der Waals surface area contributed by atoms with Crippen molar-refractivity contribution in [2.75, 3.05) is 52.4 Å². The minimum absolute atomic E-state index is 0.103. The fourth-order valence-electron chi connectivity index (χ4n) is 4.66. The number of rotatable bonds is 7. The molecule has 2 heterocycles. The van der Waals surface area contributed by atoms with Crippen molar-refractivity contribution in [3.63, 3.8) is 0 Å². The van der Waals surface area contributed by atoms with Crippen molar-refractivity contribution < 1.29 is 13.9 Å². The molecule has 0 aromatic heterocycles. The summed E-state index contributed by atoms with van der Waals surface area (Å²) in [7, 11) is 0. The summed E-state index contributed by atoms with van der Waals surface area (Å²) in [6.45, 7) is 9.61. The molecule has 2 aliphatic rings. The summed E-state index contributed by atoms with van der Waals surface area (Å²) in [5.41, 5.74) is 1.79. The topological polar surface area (TPSA) is 44.8 Å². The van der Waals surface area contributed by atoms with Gasteiger partial charge < -0.3 is 19.9 Å². The Hall–Kier alpha value is -2.44. The summed E-state index contributed by atoms with van der Waals surface area (Å²) in [6.07, 6.45) is 2.10. The average Bonchev–Trinajstić information content (AvgIpc) is 2.83. The van der Waals surface area contributed by atoms with E-state index in [4.69, 9.17) is 4.74 Å². The molecule has 2 saturated heterocycles. The van der Waals surface area contributed by atoms with Gasteiger partial charge in [0.2, 0.25) is 0 Å². The second-order valence-corrected chi connectivity index (χ2v) is 9.89. The molecule has 2 aromatic carbocycles. The van der Waals surface area contributed by atoms with E-state index in [1.54, 1.807) is 13.8 Å². The van der Waals surface area contributed by atoms with Crippen LogP contribution >= 0.6 is 0 Å². The third-order valence-corrected chi connectivity index (χ3v) is 6.52. The van der Waals surface area contributed by atoms with E-state index in [9.17, 15) is 9.18 Å². The maximum Gasteiger partial charge on any atom is 0.253 e. The first-order valence-corrected chi connectivity index (χ1v) is 12.1. The fourth-order valence-corrected chi connectivity index (χ4v) is 4.66. The number of piperidine rings is 1. The van der Waals surface area contributed by atoms with Gasteiger partial charge in [0.1, 0.15) is 11.4 Å². The van der Waals surface area contributed by atoms with Gasteiger partial charge in [-0.3, -0.25) is 4.79 Å². The third-order valence-electron chi connectivity index (χ3n) is 6.52. The molecule has 1 amide bonds. The van der Waals surface area contributed by atoms with Crippen molar-refractivity contribution in [2.45, 2.75) is 32.4 Å². The van der Waals surface area contributed by atoms with E-state index in [0.29, 0.717) is 19.1 Å². The quantitative estimate of drug-likeness (QED) is 0.681. The molecule has 178 valence electrons. The normalized spacial score (nSPS) is 18.3. The Labute approximate surface area is 196 Å². The highest BCUT2D eigenvalue weighted by Crippen LogP contribution is 2.25. The van der Waals surface area contributed by atoms with Gasteiger partial charge in [-0.1, -0.05) is 24.3 Å². The van der Waals surface area contributed by atoms with Gasteiger partial charge in [0.25, 0.3) is 5.91 Å². The van der Waals surface area contributed by atoms with Gasteiger partial charge in [0.05, 0.1) is 6.61 Å².